The summed E-state index contributed by atoms with van der Waals surface area (Å²) < 4.78 is 0. The van der Waals surface area contributed by atoms with Crippen molar-refractivity contribution in [2.24, 2.45) is 0 Å². The molecule has 0 aromatic carbocycles. The zero-order valence-electron chi connectivity index (χ0n) is 10.2. The zero-order chi connectivity index (χ0) is 11.8. The van der Waals surface area contributed by atoms with Gasteiger partial charge in [0, 0.05) is 19.1 Å². The Balaban J connectivity index is 3.65. The first kappa shape index (κ1) is 14.9. The van der Waals surface area contributed by atoms with Gasteiger partial charge in [0.25, 0.3) is 0 Å². The van der Waals surface area contributed by atoms with Crippen molar-refractivity contribution in [3.8, 4) is 0 Å². The summed E-state index contributed by atoms with van der Waals surface area (Å²) in [7, 11) is 2.09. The summed E-state index contributed by atoms with van der Waals surface area (Å²) >= 11 is 3.33. The van der Waals surface area contributed by atoms with Crippen molar-refractivity contribution in [3.63, 3.8) is 0 Å². The highest BCUT2D eigenvalue weighted by Gasteiger charge is 2.12. The number of carbonyl (C=O) groups excluding carboxylic acids is 1. The molecule has 1 amide bonds. The van der Waals surface area contributed by atoms with Crippen LogP contribution in [0.5, 0.6) is 0 Å². The van der Waals surface area contributed by atoms with Gasteiger partial charge in [-0.25, -0.2) is 0 Å². The number of hydrogen-bond acceptors (Lipinski definition) is 2. The van der Waals surface area contributed by atoms with Crippen molar-refractivity contribution in [1.29, 1.82) is 0 Å². The van der Waals surface area contributed by atoms with E-state index in [0.29, 0.717) is 6.04 Å². The van der Waals surface area contributed by atoms with E-state index in [2.05, 4.69) is 47.0 Å². The van der Waals surface area contributed by atoms with Gasteiger partial charge in [-0.05, 0) is 26.8 Å². The fourth-order valence-corrected chi connectivity index (χ4v) is 1.35. The van der Waals surface area contributed by atoms with E-state index in [0.717, 1.165) is 25.9 Å². The normalized spacial score (nSPS) is 15.1. The lowest BCUT2D eigenvalue weighted by Crippen LogP contribution is -2.39. The number of likely N-dealkylation sites (N-methyl/N-ethyl adjacent to an activating group) is 1. The van der Waals surface area contributed by atoms with E-state index in [1.807, 2.05) is 6.92 Å². The van der Waals surface area contributed by atoms with Crippen LogP contribution in [0.2, 0.25) is 0 Å². The predicted octanol–water partition coefficient (Wildman–Crippen LogP) is 2.01. The van der Waals surface area contributed by atoms with Crippen molar-refractivity contribution < 1.29 is 4.79 Å². The quantitative estimate of drug-likeness (QED) is 0.723. The van der Waals surface area contributed by atoms with Crippen molar-refractivity contribution in [1.82, 2.24) is 10.2 Å². The Hall–Kier alpha value is -0.0900. The molecule has 0 aliphatic rings. The van der Waals surface area contributed by atoms with Gasteiger partial charge in [0.2, 0.25) is 5.91 Å². The highest BCUT2D eigenvalue weighted by Crippen LogP contribution is 2.03. The topological polar surface area (TPSA) is 32.3 Å². The van der Waals surface area contributed by atoms with Crippen LogP contribution >= 0.6 is 15.9 Å². The third kappa shape index (κ3) is 6.15. The van der Waals surface area contributed by atoms with E-state index in [4.69, 9.17) is 0 Å². The van der Waals surface area contributed by atoms with Gasteiger partial charge in [0.05, 0.1) is 4.83 Å². The molecule has 15 heavy (non-hydrogen) atoms. The average Bonchev–Trinajstić information content (AvgIpc) is 2.26. The molecule has 0 aliphatic heterocycles. The second-order valence-electron chi connectivity index (χ2n) is 3.90. The molecule has 0 aliphatic carbocycles. The molecule has 0 saturated heterocycles. The molecule has 3 nitrogen and oxygen atoms in total. The Morgan fingerprint density at radius 3 is 2.47 bits per heavy atom. The number of hydrogen-bond donors (Lipinski definition) is 1. The molecule has 0 aromatic heterocycles. The number of alkyl halides is 1. The third-order valence-corrected chi connectivity index (χ3v) is 3.81. The van der Waals surface area contributed by atoms with Gasteiger partial charge in [0.1, 0.15) is 0 Å². The monoisotopic (exact) mass is 278 g/mol. The minimum atomic E-state index is -0.0496. The van der Waals surface area contributed by atoms with Crippen LogP contribution in [0.15, 0.2) is 0 Å². The Labute approximate surface area is 102 Å². The van der Waals surface area contributed by atoms with Crippen molar-refractivity contribution in [2.45, 2.75) is 44.5 Å². The van der Waals surface area contributed by atoms with Crippen LogP contribution in [0, 0.1) is 0 Å². The molecule has 0 radical (unpaired) electrons. The van der Waals surface area contributed by atoms with Gasteiger partial charge < -0.3 is 10.2 Å². The lowest BCUT2D eigenvalue weighted by molar-refractivity contribution is -0.120. The number of rotatable bonds is 7. The van der Waals surface area contributed by atoms with E-state index in [1.165, 1.54) is 0 Å². The standard InChI is InChI=1S/C11H23BrN2O/c1-5-9(3)14(4)8-7-13-11(15)10(12)6-2/h9-10H,5-8H2,1-4H3,(H,13,15). The Morgan fingerprint density at radius 2 is 2.00 bits per heavy atom. The maximum Gasteiger partial charge on any atom is 0.233 e. The molecule has 0 fully saturated rings. The molecule has 0 heterocycles. The molecule has 0 aromatic rings. The largest absolute Gasteiger partial charge is 0.354 e. The zero-order valence-corrected chi connectivity index (χ0v) is 11.8. The average molecular weight is 279 g/mol. The lowest BCUT2D eigenvalue weighted by atomic mass is 10.2. The minimum absolute atomic E-state index is 0.0496. The molecule has 2 unspecified atom stereocenters. The van der Waals surface area contributed by atoms with Crippen LogP contribution < -0.4 is 5.32 Å². The highest BCUT2D eigenvalue weighted by molar-refractivity contribution is 9.10. The highest BCUT2D eigenvalue weighted by atomic mass is 79.9. The Kier molecular flexibility index (Phi) is 8.06. The fraction of sp³-hybridized carbons (Fsp3) is 0.909. The maximum absolute atomic E-state index is 11.4. The molecule has 0 spiro atoms. The van der Waals surface area contributed by atoms with E-state index in [9.17, 15) is 4.79 Å². The van der Waals surface area contributed by atoms with Crippen molar-refractivity contribution in [2.75, 3.05) is 20.1 Å². The van der Waals surface area contributed by atoms with Crippen LogP contribution in [0.3, 0.4) is 0 Å². The molecule has 2 atom stereocenters. The second kappa shape index (κ2) is 8.11. The number of amides is 1. The van der Waals surface area contributed by atoms with Crippen LogP contribution in [0.4, 0.5) is 0 Å². The molecular formula is C11H23BrN2O. The second-order valence-corrected chi connectivity index (χ2v) is 5.01. The van der Waals surface area contributed by atoms with Crippen molar-refractivity contribution >= 4 is 21.8 Å². The van der Waals surface area contributed by atoms with Gasteiger partial charge in [-0.2, -0.15) is 0 Å². The molecule has 0 saturated carbocycles. The summed E-state index contributed by atoms with van der Waals surface area (Å²) in [4.78, 5) is 13.6. The number of carbonyl (C=O) groups is 1. The first-order valence-electron chi connectivity index (χ1n) is 5.64. The number of nitrogens with one attached hydrogen (secondary N) is 1. The molecular weight excluding hydrogens is 256 g/mol. The molecule has 0 bridgehead atoms. The maximum atomic E-state index is 11.4. The summed E-state index contributed by atoms with van der Waals surface area (Å²) in [5.74, 6) is 0.0926. The van der Waals surface area contributed by atoms with Crippen LogP contribution in [-0.2, 0) is 4.79 Å². The molecule has 4 heteroatoms. The third-order valence-electron chi connectivity index (χ3n) is 2.75. The van der Waals surface area contributed by atoms with Gasteiger partial charge in [-0.3, -0.25) is 4.79 Å². The minimum Gasteiger partial charge on any atom is -0.354 e. The van der Waals surface area contributed by atoms with Crippen LogP contribution in [0.1, 0.15) is 33.6 Å². The smallest absolute Gasteiger partial charge is 0.233 e. The van der Waals surface area contributed by atoms with Crippen molar-refractivity contribution in [3.05, 3.63) is 0 Å². The number of nitrogens with zero attached hydrogens (tertiary/aromatic N) is 1. The fourth-order valence-electron chi connectivity index (χ4n) is 1.18. The summed E-state index contributed by atoms with van der Waals surface area (Å²) in [6.45, 7) is 7.99. The molecule has 0 rings (SSSR count). The molecule has 90 valence electrons. The van der Waals surface area contributed by atoms with E-state index in [-0.39, 0.29) is 10.7 Å². The van der Waals surface area contributed by atoms with Gasteiger partial charge in [-0.15, -0.1) is 0 Å². The summed E-state index contributed by atoms with van der Waals surface area (Å²) in [5.41, 5.74) is 0. The van der Waals surface area contributed by atoms with E-state index >= 15 is 0 Å². The van der Waals surface area contributed by atoms with Gasteiger partial charge >= 0.3 is 0 Å². The Bertz CT molecular complexity index is 187. The summed E-state index contributed by atoms with van der Waals surface area (Å²) in [6, 6.07) is 0.577. The first-order chi connectivity index (χ1) is 7.02. The number of halogens is 1. The summed E-state index contributed by atoms with van der Waals surface area (Å²) in [6.07, 6.45) is 1.97. The lowest BCUT2D eigenvalue weighted by Gasteiger charge is -2.23. The van der Waals surface area contributed by atoms with Gasteiger partial charge in [-0.1, -0.05) is 29.8 Å². The Morgan fingerprint density at radius 1 is 1.40 bits per heavy atom. The van der Waals surface area contributed by atoms with Crippen LogP contribution in [0.25, 0.3) is 0 Å². The SMILES string of the molecule is CCC(Br)C(=O)NCCN(C)C(C)CC. The first-order valence-corrected chi connectivity index (χ1v) is 6.56. The summed E-state index contributed by atoms with van der Waals surface area (Å²) in [5, 5.41) is 2.92. The van der Waals surface area contributed by atoms with Crippen LogP contribution in [-0.4, -0.2) is 41.8 Å². The molecule has 1 N–H and O–H groups in total. The van der Waals surface area contributed by atoms with E-state index in [1.54, 1.807) is 0 Å². The van der Waals surface area contributed by atoms with E-state index < -0.39 is 0 Å². The van der Waals surface area contributed by atoms with Gasteiger partial charge in [0.15, 0.2) is 0 Å². The predicted molar refractivity (Wildman–Crippen MR) is 68.4 cm³/mol.